The van der Waals surface area contributed by atoms with Crippen molar-refractivity contribution in [3.05, 3.63) is 35.6 Å². The summed E-state index contributed by atoms with van der Waals surface area (Å²) in [6.07, 6.45) is 5.31. The summed E-state index contributed by atoms with van der Waals surface area (Å²) < 4.78 is 13.1. The number of nitrogens with one attached hydrogen (secondary N) is 2. The van der Waals surface area contributed by atoms with Gasteiger partial charge in [0.05, 0.1) is 0 Å². The molecule has 0 spiro atoms. The third kappa shape index (κ3) is 3.36. The van der Waals surface area contributed by atoms with E-state index in [-0.39, 0.29) is 17.9 Å². The molecular weight excluding hydrogens is 267 g/mol. The molecule has 2 amide bonds. The number of halogens is 1. The van der Waals surface area contributed by atoms with Crippen LogP contribution in [0.1, 0.15) is 38.2 Å². The Morgan fingerprint density at radius 3 is 2.90 bits per heavy atom. The van der Waals surface area contributed by atoms with Crippen molar-refractivity contribution < 1.29 is 9.18 Å². The van der Waals surface area contributed by atoms with Crippen molar-refractivity contribution in [3.8, 4) is 0 Å². The van der Waals surface area contributed by atoms with Gasteiger partial charge in [-0.05, 0) is 61.6 Å². The van der Waals surface area contributed by atoms with Crippen LogP contribution in [0.4, 0.5) is 9.18 Å². The van der Waals surface area contributed by atoms with E-state index >= 15 is 0 Å². The molecule has 4 heteroatoms. The van der Waals surface area contributed by atoms with Crippen molar-refractivity contribution in [2.24, 2.45) is 17.8 Å². The van der Waals surface area contributed by atoms with E-state index in [0.717, 1.165) is 17.4 Å². The lowest BCUT2D eigenvalue weighted by Gasteiger charge is -2.28. The topological polar surface area (TPSA) is 41.1 Å². The molecule has 2 aliphatic carbocycles. The molecule has 0 aliphatic heterocycles. The van der Waals surface area contributed by atoms with E-state index < -0.39 is 0 Å². The van der Waals surface area contributed by atoms with Crippen molar-refractivity contribution in [2.45, 2.75) is 45.2 Å². The molecule has 114 valence electrons. The van der Waals surface area contributed by atoms with Crippen molar-refractivity contribution in [3.63, 3.8) is 0 Å². The molecule has 0 radical (unpaired) electrons. The molecule has 21 heavy (non-hydrogen) atoms. The second-order valence-electron chi connectivity index (χ2n) is 6.58. The van der Waals surface area contributed by atoms with Crippen molar-refractivity contribution in [1.82, 2.24) is 10.6 Å². The minimum atomic E-state index is -0.273. The van der Waals surface area contributed by atoms with Gasteiger partial charge in [0.1, 0.15) is 5.82 Å². The average molecular weight is 290 g/mol. The Bertz CT molecular complexity index is 519. The summed E-state index contributed by atoms with van der Waals surface area (Å²) >= 11 is 0. The highest BCUT2D eigenvalue weighted by Crippen LogP contribution is 2.49. The van der Waals surface area contributed by atoms with Crippen LogP contribution in [0.25, 0.3) is 0 Å². The molecule has 2 N–H and O–H groups in total. The minimum Gasteiger partial charge on any atom is -0.335 e. The Balaban J connectivity index is 1.46. The van der Waals surface area contributed by atoms with Gasteiger partial charge in [0.15, 0.2) is 0 Å². The average Bonchev–Trinajstić information content (AvgIpc) is 3.08. The minimum absolute atomic E-state index is 0.158. The second-order valence-corrected chi connectivity index (χ2v) is 6.58. The smallest absolute Gasteiger partial charge is 0.315 e. The van der Waals surface area contributed by atoms with Gasteiger partial charge in [-0.2, -0.15) is 0 Å². The van der Waals surface area contributed by atoms with Crippen LogP contribution in [-0.4, -0.2) is 12.1 Å². The zero-order chi connectivity index (χ0) is 14.8. The third-order valence-corrected chi connectivity index (χ3v) is 5.14. The van der Waals surface area contributed by atoms with Crippen LogP contribution in [0.3, 0.4) is 0 Å². The van der Waals surface area contributed by atoms with Gasteiger partial charge in [0.2, 0.25) is 0 Å². The Kier molecular flexibility index (Phi) is 4.13. The first-order chi connectivity index (χ1) is 10.1. The van der Waals surface area contributed by atoms with Gasteiger partial charge >= 0.3 is 6.03 Å². The van der Waals surface area contributed by atoms with Crippen molar-refractivity contribution in [1.29, 1.82) is 0 Å². The summed E-state index contributed by atoms with van der Waals surface area (Å²) in [5.74, 6) is 2.04. The van der Waals surface area contributed by atoms with Gasteiger partial charge in [-0.15, -0.1) is 0 Å². The van der Waals surface area contributed by atoms with Gasteiger partial charge in [0.25, 0.3) is 0 Å². The Morgan fingerprint density at radius 1 is 1.38 bits per heavy atom. The fourth-order valence-corrected chi connectivity index (χ4v) is 4.10. The highest BCUT2D eigenvalue weighted by atomic mass is 19.1. The fourth-order valence-electron chi connectivity index (χ4n) is 4.10. The fraction of sp³-hybridized carbons (Fsp3) is 0.588. The number of fused-ring (bicyclic) bond motifs is 2. The van der Waals surface area contributed by atoms with Gasteiger partial charge in [-0.1, -0.05) is 18.6 Å². The Morgan fingerprint density at radius 2 is 2.24 bits per heavy atom. The lowest BCUT2D eigenvalue weighted by atomic mass is 9.84. The van der Waals surface area contributed by atoms with Crippen LogP contribution in [-0.2, 0) is 6.54 Å². The van der Waals surface area contributed by atoms with E-state index in [1.54, 1.807) is 6.07 Å². The van der Waals surface area contributed by atoms with Crippen LogP contribution < -0.4 is 10.6 Å². The predicted molar refractivity (Wildman–Crippen MR) is 80.2 cm³/mol. The highest BCUT2D eigenvalue weighted by molar-refractivity contribution is 5.74. The normalized spacial score (nSPS) is 28.4. The summed E-state index contributed by atoms with van der Waals surface area (Å²) in [6.45, 7) is 2.46. The molecule has 0 aromatic heterocycles. The number of benzene rings is 1. The van der Waals surface area contributed by atoms with E-state index in [2.05, 4.69) is 17.6 Å². The second kappa shape index (κ2) is 6.04. The quantitative estimate of drug-likeness (QED) is 0.876. The molecule has 0 heterocycles. The number of carbonyl (C=O) groups excluding carboxylic acids is 1. The van der Waals surface area contributed by atoms with Crippen LogP contribution in [0, 0.1) is 23.6 Å². The first-order valence-corrected chi connectivity index (χ1v) is 7.90. The molecule has 1 aromatic carbocycles. The largest absolute Gasteiger partial charge is 0.335 e. The van der Waals surface area contributed by atoms with Crippen molar-refractivity contribution >= 4 is 6.03 Å². The van der Waals surface area contributed by atoms with E-state index in [9.17, 15) is 9.18 Å². The molecular formula is C17H23FN2O. The van der Waals surface area contributed by atoms with Gasteiger partial charge in [0, 0.05) is 12.6 Å². The van der Waals surface area contributed by atoms with Crippen LogP contribution >= 0.6 is 0 Å². The zero-order valence-electron chi connectivity index (χ0n) is 12.4. The molecule has 1 aromatic rings. The first kappa shape index (κ1) is 14.4. The molecule has 2 fully saturated rings. The molecule has 3 nitrogen and oxygen atoms in total. The maximum absolute atomic E-state index is 13.1. The number of carbonyl (C=O) groups is 1. The Labute approximate surface area is 125 Å². The lowest BCUT2D eigenvalue weighted by molar-refractivity contribution is 0.220. The summed E-state index contributed by atoms with van der Waals surface area (Å²) in [7, 11) is 0. The summed E-state index contributed by atoms with van der Waals surface area (Å²) in [4.78, 5) is 12.0. The lowest BCUT2D eigenvalue weighted by Crippen LogP contribution is -2.45. The monoisotopic (exact) mass is 290 g/mol. The number of rotatable bonds is 4. The van der Waals surface area contributed by atoms with Crippen LogP contribution in [0.15, 0.2) is 24.3 Å². The third-order valence-electron chi connectivity index (χ3n) is 5.14. The van der Waals surface area contributed by atoms with E-state index in [0.29, 0.717) is 12.5 Å². The number of hydrogen-bond acceptors (Lipinski definition) is 1. The number of amides is 2. The van der Waals surface area contributed by atoms with Crippen LogP contribution in [0.5, 0.6) is 0 Å². The van der Waals surface area contributed by atoms with Gasteiger partial charge in [-0.25, -0.2) is 9.18 Å². The molecule has 2 saturated carbocycles. The first-order valence-electron chi connectivity index (χ1n) is 7.90. The van der Waals surface area contributed by atoms with Crippen molar-refractivity contribution in [2.75, 3.05) is 0 Å². The maximum atomic E-state index is 13.1. The maximum Gasteiger partial charge on any atom is 0.315 e. The summed E-state index contributed by atoms with van der Waals surface area (Å²) in [5.41, 5.74) is 0.776. The molecule has 2 aliphatic rings. The van der Waals surface area contributed by atoms with Gasteiger partial charge < -0.3 is 10.6 Å². The van der Waals surface area contributed by atoms with E-state index in [1.807, 2.05) is 6.07 Å². The number of urea groups is 1. The van der Waals surface area contributed by atoms with Crippen LogP contribution in [0.2, 0.25) is 0 Å². The Hall–Kier alpha value is -1.58. The highest BCUT2D eigenvalue weighted by Gasteiger charge is 2.42. The zero-order valence-corrected chi connectivity index (χ0v) is 12.4. The standard InChI is InChI=1S/C17H23FN2O/c1-11(16-9-12-5-6-14(16)7-12)20-17(21)19-10-13-3-2-4-15(18)8-13/h2-4,8,11-12,14,16H,5-7,9-10H2,1H3,(H2,19,20,21). The van der Waals surface area contributed by atoms with E-state index in [1.165, 1.54) is 37.8 Å². The van der Waals surface area contributed by atoms with E-state index in [4.69, 9.17) is 0 Å². The predicted octanol–water partition coefficient (Wildman–Crippen LogP) is 3.45. The molecule has 4 unspecified atom stereocenters. The van der Waals surface area contributed by atoms with Gasteiger partial charge in [-0.3, -0.25) is 0 Å². The number of hydrogen-bond donors (Lipinski definition) is 2. The SMILES string of the molecule is CC(NC(=O)NCc1cccc(F)c1)C1CC2CCC1C2. The molecule has 0 saturated heterocycles. The molecule has 4 atom stereocenters. The molecule has 2 bridgehead atoms. The molecule has 3 rings (SSSR count). The summed E-state index contributed by atoms with van der Waals surface area (Å²) in [5, 5.41) is 5.86. The summed E-state index contributed by atoms with van der Waals surface area (Å²) in [6, 6.07) is 6.37.